The molecule has 0 aliphatic heterocycles. The Hall–Kier alpha value is -2.83. The van der Waals surface area contributed by atoms with Crippen LogP contribution in [-0.2, 0) is 0 Å². The number of aromatic nitrogens is 1. The topological polar surface area (TPSA) is 71.5 Å². The molecule has 0 amide bonds. The van der Waals surface area contributed by atoms with Crippen molar-refractivity contribution < 1.29 is 18.3 Å². The SMILES string of the molecule is N/C(=C(\C=NCC(F)(F)F)c1ccncc1)c1ccc(O)cc1. The van der Waals surface area contributed by atoms with Crippen LogP contribution < -0.4 is 5.73 Å². The fourth-order valence-electron chi connectivity index (χ4n) is 1.87. The smallest absolute Gasteiger partial charge is 0.407 e. The number of halogens is 3. The van der Waals surface area contributed by atoms with Gasteiger partial charge in [-0.1, -0.05) is 0 Å². The van der Waals surface area contributed by atoms with Gasteiger partial charge in [0.2, 0.25) is 0 Å². The highest BCUT2D eigenvalue weighted by Crippen LogP contribution is 2.23. The van der Waals surface area contributed by atoms with Crippen LogP contribution in [0.15, 0.2) is 53.8 Å². The molecule has 0 atom stereocenters. The first-order chi connectivity index (χ1) is 10.9. The number of hydrogen-bond donors (Lipinski definition) is 2. The summed E-state index contributed by atoms with van der Waals surface area (Å²) in [6.07, 6.45) is -0.258. The molecule has 0 unspecified atom stereocenters. The van der Waals surface area contributed by atoms with Crippen molar-refractivity contribution in [2.24, 2.45) is 10.7 Å². The van der Waals surface area contributed by atoms with Gasteiger partial charge < -0.3 is 10.8 Å². The van der Waals surface area contributed by atoms with E-state index in [1.807, 2.05) is 0 Å². The Bertz CT molecular complexity index is 708. The van der Waals surface area contributed by atoms with Gasteiger partial charge in [0.25, 0.3) is 0 Å². The number of allylic oxidation sites excluding steroid dienone is 1. The molecule has 120 valence electrons. The summed E-state index contributed by atoms with van der Waals surface area (Å²) < 4.78 is 36.8. The Labute approximate surface area is 130 Å². The lowest BCUT2D eigenvalue weighted by atomic mass is 10.0. The summed E-state index contributed by atoms with van der Waals surface area (Å²) in [4.78, 5) is 7.30. The van der Waals surface area contributed by atoms with Crippen molar-refractivity contribution in [3.8, 4) is 5.75 Å². The van der Waals surface area contributed by atoms with Crippen molar-refractivity contribution in [1.82, 2.24) is 4.98 Å². The van der Waals surface area contributed by atoms with Gasteiger partial charge in [0.1, 0.15) is 12.3 Å². The average Bonchev–Trinajstić information content (AvgIpc) is 2.51. The Kier molecular flexibility index (Phi) is 5.00. The highest BCUT2D eigenvalue weighted by molar-refractivity contribution is 6.18. The minimum atomic E-state index is -4.38. The van der Waals surface area contributed by atoms with E-state index in [1.165, 1.54) is 24.5 Å². The summed E-state index contributed by atoms with van der Waals surface area (Å²) >= 11 is 0. The maximum absolute atomic E-state index is 12.3. The van der Waals surface area contributed by atoms with Gasteiger partial charge in [-0.05, 0) is 47.5 Å². The summed E-state index contributed by atoms with van der Waals surface area (Å²) in [6.45, 7) is -1.29. The van der Waals surface area contributed by atoms with Gasteiger partial charge >= 0.3 is 6.18 Å². The third-order valence-electron chi connectivity index (χ3n) is 2.95. The molecule has 3 N–H and O–H groups in total. The number of nitrogens with two attached hydrogens (primary N) is 1. The second-order valence-electron chi connectivity index (χ2n) is 4.70. The largest absolute Gasteiger partial charge is 0.508 e. The Morgan fingerprint density at radius 2 is 1.70 bits per heavy atom. The zero-order valence-corrected chi connectivity index (χ0v) is 12.0. The Morgan fingerprint density at radius 3 is 2.26 bits per heavy atom. The summed E-state index contributed by atoms with van der Waals surface area (Å²) in [7, 11) is 0. The van der Waals surface area contributed by atoms with Crippen LogP contribution in [0.4, 0.5) is 13.2 Å². The van der Waals surface area contributed by atoms with Gasteiger partial charge in [-0.25, -0.2) is 0 Å². The number of phenols is 1. The molecule has 1 aromatic carbocycles. The third kappa shape index (κ3) is 4.84. The zero-order chi connectivity index (χ0) is 16.9. The lowest BCUT2D eigenvalue weighted by Crippen LogP contribution is -2.12. The van der Waals surface area contributed by atoms with Gasteiger partial charge in [-0.2, -0.15) is 13.2 Å². The second-order valence-corrected chi connectivity index (χ2v) is 4.70. The number of benzene rings is 1. The van der Waals surface area contributed by atoms with Crippen molar-refractivity contribution in [1.29, 1.82) is 0 Å². The van der Waals surface area contributed by atoms with Crippen molar-refractivity contribution in [3.05, 3.63) is 59.9 Å². The number of phenolic OH excluding ortho intramolecular Hbond substituents is 1. The van der Waals surface area contributed by atoms with Crippen molar-refractivity contribution >= 4 is 17.5 Å². The van der Waals surface area contributed by atoms with Crippen LogP contribution in [0.25, 0.3) is 11.3 Å². The molecule has 0 bridgehead atoms. The quantitative estimate of drug-likeness (QED) is 0.849. The maximum Gasteiger partial charge on any atom is 0.407 e. The standard InChI is InChI=1S/C16H14F3N3O/c17-16(18,19)10-22-9-14(11-5-7-21-8-6-11)15(20)12-1-3-13(23)4-2-12/h1-9,23H,10,20H2/b15-14+,22-9?. The first kappa shape index (κ1) is 16.5. The summed E-state index contributed by atoms with van der Waals surface area (Å²) in [6, 6.07) is 9.29. The molecular formula is C16H14F3N3O. The molecule has 0 radical (unpaired) electrons. The Morgan fingerprint density at radius 1 is 1.09 bits per heavy atom. The minimum absolute atomic E-state index is 0.0674. The number of pyridine rings is 1. The predicted octanol–water partition coefficient (Wildman–Crippen LogP) is 3.25. The van der Waals surface area contributed by atoms with Crippen LogP contribution in [-0.4, -0.2) is 29.0 Å². The van der Waals surface area contributed by atoms with Crippen molar-refractivity contribution in [2.75, 3.05) is 6.54 Å². The van der Waals surface area contributed by atoms with Gasteiger partial charge in [0, 0.05) is 29.9 Å². The monoisotopic (exact) mass is 321 g/mol. The summed E-state index contributed by atoms with van der Waals surface area (Å²) in [5.41, 5.74) is 7.83. The first-order valence-corrected chi connectivity index (χ1v) is 6.63. The highest BCUT2D eigenvalue weighted by atomic mass is 19.4. The number of aromatic hydroxyl groups is 1. The zero-order valence-electron chi connectivity index (χ0n) is 12.0. The fourth-order valence-corrected chi connectivity index (χ4v) is 1.87. The first-order valence-electron chi connectivity index (χ1n) is 6.63. The molecule has 0 saturated carbocycles. The van der Waals surface area contributed by atoms with E-state index in [-0.39, 0.29) is 11.4 Å². The molecule has 0 aliphatic carbocycles. The maximum atomic E-state index is 12.3. The van der Waals surface area contributed by atoms with Crippen LogP contribution in [0.2, 0.25) is 0 Å². The molecule has 0 spiro atoms. The number of nitrogens with zero attached hydrogens (tertiary/aromatic N) is 2. The molecule has 4 nitrogen and oxygen atoms in total. The molecule has 0 saturated heterocycles. The van der Waals surface area contributed by atoms with Gasteiger partial charge in [-0.15, -0.1) is 0 Å². The number of hydrogen-bond acceptors (Lipinski definition) is 4. The van der Waals surface area contributed by atoms with Crippen LogP contribution in [0.5, 0.6) is 5.75 Å². The molecular weight excluding hydrogens is 307 g/mol. The van der Waals surface area contributed by atoms with Crippen molar-refractivity contribution in [2.45, 2.75) is 6.18 Å². The van der Waals surface area contributed by atoms with E-state index in [2.05, 4.69) is 9.98 Å². The predicted molar refractivity (Wildman–Crippen MR) is 82.8 cm³/mol. The van der Waals surface area contributed by atoms with E-state index in [1.54, 1.807) is 24.3 Å². The number of rotatable bonds is 4. The third-order valence-corrected chi connectivity index (χ3v) is 2.95. The van der Waals surface area contributed by atoms with Crippen LogP contribution in [0.3, 0.4) is 0 Å². The normalized spacial score (nSPS) is 13.2. The molecule has 2 aromatic rings. The molecule has 2 rings (SSSR count). The molecule has 0 fully saturated rings. The lowest BCUT2D eigenvalue weighted by Gasteiger charge is -2.09. The second kappa shape index (κ2) is 6.95. The van der Waals surface area contributed by atoms with Gasteiger partial charge in [-0.3, -0.25) is 9.98 Å². The fraction of sp³-hybridized carbons (Fsp3) is 0.125. The minimum Gasteiger partial charge on any atom is -0.508 e. The van der Waals surface area contributed by atoms with E-state index >= 15 is 0 Å². The summed E-state index contributed by atoms with van der Waals surface area (Å²) in [5, 5.41) is 9.31. The van der Waals surface area contributed by atoms with Crippen molar-refractivity contribution in [3.63, 3.8) is 0 Å². The molecule has 1 aromatic heterocycles. The van der Waals surface area contributed by atoms with Gasteiger partial charge in [0.15, 0.2) is 0 Å². The number of alkyl halides is 3. The molecule has 23 heavy (non-hydrogen) atoms. The molecule has 7 heteroatoms. The van der Waals surface area contributed by atoms with Gasteiger partial charge in [0.05, 0.1) is 0 Å². The average molecular weight is 321 g/mol. The molecule has 0 aliphatic rings. The van der Waals surface area contributed by atoms with E-state index in [4.69, 9.17) is 5.73 Å². The lowest BCUT2D eigenvalue weighted by molar-refractivity contribution is -0.118. The van der Waals surface area contributed by atoms with Crippen LogP contribution >= 0.6 is 0 Å². The summed E-state index contributed by atoms with van der Waals surface area (Å²) in [5.74, 6) is 0.0674. The van der Waals surface area contributed by atoms with E-state index in [0.29, 0.717) is 16.7 Å². The van der Waals surface area contributed by atoms with Crippen LogP contribution in [0.1, 0.15) is 11.1 Å². The van der Waals surface area contributed by atoms with Crippen LogP contribution in [0, 0.1) is 0 Å². The van der Waals surface area contributed by atoms with E-state index in [9.17, 15) is 18.3 Å². The Balaban J connectivity index is 2.44. The van der Waals surface area contributed by atoms with E-state index in [0.717, 1.165) is 6.21 Å². The highest BCUT2D eigenvalue weighted by Gasteiger charge is 2.26. The number of aliphatic imine (C=N–C) groups is 1. The molecule has 1 heterocycles. The van der Waals surface area contributed by atoms with E-state index < -0.39 is 12.7 Å².